The molecule has 0 N–H and O–H groups in total. The zero-order valence-electron chi connectivity index (χ0n) is 24.1. The lowest BCUT2D eigenvalue weighted by molar-refractivity contribution is -0.139. The molecule has 43 heavy (non-hydrogen) atoms. The van der Waals surface area contributed by atoms with Gasteiger partial charge in [-0.2, -0.15) is 0 Å². The highest BCUT2D eigenvalue weighted by Gasteiger charge is 2.37. The van der Waals surface area contributed by atoms with Crippen LogP contribution in [-0.2, 0) is 20.9 Å². The van der Waals surface area contributed by atoms with E-state index in [1.165, 1.54) is 15.9 Å². The number of thiazole rings is 1. The molecule has 4 aromatic rings. The third kappa shape index (κ3) is 5.04. The van der Waals surface area contributed by atoms with Gasteiger partial charge in [0.2, 0.25) is 0 Å². The number of aromatic nitrogens is 1. The fraction of sp³-hybridized carbons (Fsp3) is 0.212. The number of anilines is 2. The van der Waals surface area contributed by atoms with E-state index in [2.05, 4.69) is 15.9 Å². The topological polar surface area (TPSA) is 84.2 Å². The van der Waals surface area contributed by atoms with Gasteiger partial charge in [-0.1, -0.05) is 69.7 Å². The zero-order chi connectivity index (χ0) is 30.4. The monoisotopic (exact) mass is 656 g/mol. The maximum atomic E-state index is 14.4. The van der Waals surface area contributed by atoms with Crippen LogP contribution in [0, 0.1) is 0 Å². The van der Waals surface area contributed by atoms with Crippen LogP contribution in [0.3, 0.4) is 0 Å². The fourth-order valence-corrected chi connectivity index (χ4v) is 7.06. The Balaban J connectivity index is 1.58. The molecule has 2 aliphatic heterocycles. The van der Waals surface area contributed by atoms with Gasteiger partial charge in [0.05, 0.1) is 41.7 Å². The summed E-state index contributed by atoms with van der Waals surface area (Å²) in [5.41, 5.74) is 4.84. The number of halogens is 1. The van der Waals surface area contributed by atoms with Gasteiger partial charge >= 0.3 is 5.97 Å². The predicted molar refractivity (Wildman–Crippen MR) is 172 cm³/mol. The summed E-state index contributed by atoms with van der Waals surface area (Å²) in [6, 6.07) is 22.4. The minimum atomic E-state index is -0.764. The van der Waals surface area contributed by atoms with E-state index in [0.717, 1.165) is 27.0 Å². The van der Waals surface area contributed by atoms with Crippen molar-refractivity contribution in [1.82, 2.24) is 4.57 Å². The molecule has 1 aromatic heterocycles. The first-order valence-electron chi connectivity index (χ1n) is 13.8. The van der Waals surface area contributed by atoms with Gasteiger partial charge in [0.1, 0.15) is 4.53 Å². The maximum absolute atomic E-state index is 14.4. The highest BCUT2D eigenvalue weighted by atomic mass is 79.9. The Hall–Kier alpha value is -4.28. The lowest BCUT2D eigenvalue weighted by Gasteiger charge is -2.25. The number of rotatable bonds is 6. The molecule has 1 amide bonds. The van der Waals surface area contributed by atoms with Crippen molar-refractivity contribution >= 4 is 56.1 Å². The molecular formula is C33H29BrN4O4S. The first-order valence-corrected chi connectivity index (χ1v) is 15.5. The summed E-state index contributed by atoms with van der Waals surface area (Å²) in [5, 5.41) is 0. The van der Waals surface area contributed by atoms with E-state index in [0.29, 0.717) is 33.8 Å². The smallest absolute Gasteiger partial charge is 0.338 e. The summed E-state index contributed by atoms with van der Waals surface area (Å²) >= 11 is 4.71. The molecule has 0 aliphatic carbocycles. The summed E-state index contributed by atoms with van der Waals surface area (Å²) in [6.07, 6.45) is 0. The van der Waals surface area contributed by atoms with Crippen molar-refractivity contribution in [2.75, 3.05) is 30.5 Å². The van der Waals surface area contributed by atoms with Crippen LogP contribution in [0.1, 0.15) is 36.6 Å². The van der Waals surface area contributed by atoms with Gasteiger partial charge in [-0.05, 0) is 55.3 Å². The minimum Gasteiger partial charge on any atom is -0.463 e. The van der Waals surface area contributed by atoms with Crippen LogP contribution in [-0.4, -0.2) is 37.1 Å². The molecule has 6 rings (SSSR count). The number of carbonyl (C=O) groups excluding carboxylic acids is 2. The predicted octanol–water partition coefficient (Wildman–Crippen LogP) is 4.54. The molecule has 10 heteroatoms. The molecule has 2 aliphatic rings. The average molecular weight is 658 g/mol. The number of esters is 1. The van der Waals surface area contributed by atoms with Gasteiger partial charge in [-0.3, -0.25) is 14.2 Å². The number of nitrogens with zero attached hydrogens (tertiary/aromatic N) is 4. The highest BCUT2D eigenvalue weighted by Crippen LogP contribution is 2.38. The third-order valence-electron chi connectivity index (χ3n) is 7.61. The van der Waals surface area contributed by atoms with Crippen LogP contribution >= 0.6 is 27.3 Å². The Morgan fingerprint density at radius 1 is 1.05 bits per heavy atom. The van der Waals surface area contributed by atoms with Crippen molar-refractivity contribution in [1.29, 1.82) is 0 Å². The number of hydrogen-bond donors (Lipinski definition) is 0. The Labute approximate surface area is 261 Å². The second kappa shape index (κ2) is 11.4. The molecule has 0 fully saturated rings. The number of allylic oxidation sites excluding steroid dienone is 1. The number of benzene rings is 3. The molecule has 0 unspecified atom stereocenters. The van der Waals surface area contributed by atoms with Gasteiger partial charge in [0, 0.05) is 29.8 Å². The van der Waals surface area contributed by atoms with E-state index in [4.69, 9.17) is 9.73 Å². The molecule has 218 valence electrons. The lowest BCUT2D eigenvalue weighted by atomic mass is 9.95. The first-order chi connectivity index (χ1) is 20.7. The van der Waals surface area contributed by atoms with Crippen LogP contribution < -0.4 is 24.7 Å². The fourth-order valence-electron chi connectivity index (χ4n) is 5.56. The molecule has 0 radical (unpaired) electrons. The second-order valence-corrected chi connectivity index (χ2v) is 12.4. The van der Waals surface area contributed by atoms with Crippen LogP contribution in [0.4, 0.5) is 11.4 Å². The zero-order valence-corrected chi connectivity index (χ0v) is 26.5. The Morgan fingerprint density at radius 3 is 2.44 bits per heavy atom. The largest absolute Gasteiger partial charge is 0.463 e. The molecule has 0 saturated heterocycles. The van der Waals surface area contributed by atoms with Crippen LogP contribution in [0.5, 0.6) is 0 Å². The Morgan fingerprint density at radius 2 is 1.77 bits per heavy atom. The van der Waals surface area contributed by atoms with E-state index >= 15 is 0 Å². The highest BCUT2D eigenvalue weighted by molar-refractivity contribution is 9.10. The molecule has 3 heterocycles. The van der Waals surface area contributed by atoms with Crippen molar-refractivity contribution in [3.05, 3.63) is 125 Å². The van der Waals surface area contributed by atoms with E-state index in [1.807, 2.05) is 91.8 Å². The molecule has 8 nitrogen and oxygen atoms in total. The molecule has 0 bridgehead atoms. The molecule has 0 saturated carbocycles. The number of carbonyl (C=O) groups is 2. The summed E-state index contributed by atoms with van der Waals surface area (Å²) < 4.78 is 8.04. The molecule has 0 spiro atoms. The number of hydrogen-bond acceptors (Lipinski definition) is 7. The maximum Gasteiger partial charge on any atom is 0.338 e. The number of amides is 1. The van der Waals surface area contributed by atoms with Crippen molar-refractivity contribution in [2.24, 2.45) is 4.99 Å². The summed E-state index contributed by atoms with van der Waals surface area (Å²) in [7, 11) is 3.90. The van der Waals surface area contributed by atoms with Gasteiger partial charge < -0.3 is 14.5 Å². The van der Waals surface area contributed by atoms with Crippen LogP contribution in [0.25, 0.3) is 5.57 Å². The van der Waals surface area contributed by atoms with Crippen LogP contribution in [0.15, 0.2) is 98.3 Å². The van der Waals surface area contributed by atoms with Crippen LogP contribution in [0.2, 0.25) is 0 Å². The summed E-state index contributed by atoms with van der Waals surface area (Å²) in [6.45, 7) is 4.05. The SMILES string of the molecule is CCOC(=O)C1=C(C)N=c2s/c(=C3\C(=O)N(Cc4ccccc4)c4ccc(Br)cc43)c(=O)n2[C@@H]1c1ccc(N(C)C)cc1. The molecular weight excluding hydrogens is 628 g/mol. The summed E-state index contributed by atoms with van der Waals surface area (Å²) in [5.74, 6) is -0.779. The van der Waals surface area contributed by atoms with E-state index < -0.39 is 12.0 Å². The van der Waals surface area contributed by atoms with E-state index in [-0.39, 0.29) is 22.6 Å². The first kappa shape index (κ1) is 28.8. The number of fused-ring (bicyclic) bond motifs is 2. The van der Waals surface area contributed by atoms with E-state index in [9.17, 15) is 14.4 Å². The Kier molecular flexibility index (Phi) is 7.66. The van der Waals surface area contributed by atoms with Crippen molar-refractivity contribution in [2.45, 2.75) is 26.4 Å². The van der Waals surface area contributed by atoms with Crippen molar-refractivity contribution in [3.63, 3.8) is 0 Å². The second-order valence-electron chi connectivity index (χ2n) is 10.5. The van der Waals surface area contributed by atoms with E-state index in [1.54, 1.807) is 18.7 Å². The molecule has 3 aromatic carbocycles. The summed E-state index contributed by atoms with van der Waals surface area (Å²) in [4.78, 5) is 50.6. The lowest BCUT2D eigenvalue weighted by Crippen LogP contribution is -2.41. The minimum absolute atomic E-state index is 0.188. The van der Waals surface area contributed by atoms with Gasteiger partial charge in [0.15, 0.2) is 4.80 Å². The quantitative estimate of drug-likeness (QED) is 0.285. The van der Waals surface area contributed by atoms with Gasteiger partial charge in [-0.15, -0.1) is 0 Å². The number of ether oxygens (including phenoxy) is 1. The Bertz CT molecular complexity index is 1980. The average Bonchev–Trinajstić information content (AvgIpc) is 3.44. The van der Waals surface area contributed by atoms with Gasteiger partial charge in [0.25, 0.3) is 11.5 Å². The molecule has 1 atom stereocenters. The third-order valence-corrected chi connectivity index (χ3v) is 9.15. The van der Waals surface area contributed by atoms with Gasteiger partial charge in [-0.25, -0.2) is 9.79 Å². The van der Waals surface area contributed by atoms with Crippen molar-refractivity contribution < 1.29 is 14.3 Å². The standard InChI is InChI=1S/C33H29BrN4O4S/c1-5-42-32(41)26-19(2)35-33-38(28(26)21-11-14-23(15-12-21)36(3)4)31(40)29(43-33)27-24-17-22(34)13-16-25(24)37(30(27)39)18-20-9-7-6-8-10-20/h6-17,28H,5,18H2,1-4H3/b29-27-/t28-/m1/s1. The van der Waals surface area contributed by atoms with Crippen molar-refractivity contribution in [3.8, 4) is 0 Å². The normalized spacial score (nSPS) is 17.0.